The SMILES string of the molecule is CCCC(CC)NCCC1CCC(C)CC1. The highest BCUT2D eigenvalue weighted by Gasteiger charge is 2.17. The molecule has 1 heteroatoms. The first-order valence-corrected chi connectivity index (χ1v) is 7.49. The molecule has 0 spiro atoms. The van der Waals surface area contributed by atoms with Crippen molar-refractivity contribution >= 4 is 0 Å². The van der Waals surface area contributed by atoms with Crippen molar-refractivity contribution in [3.05, 3.63) is 0 Å². The Balaban J connectivity index is 2.05. The molecule has 1 aliphatic carbocycles. The molecule has 0 amide bonds. The molecular weight excluding hydrogens is 194 g/mol. The van der Waals surface area contributed by atoms with Gasteiger partial charge in [-0.05, 0) is 37.6 Å². The van der Waals surface area contributed by atoms with E-state index >= 15 is 0 Å². The second kappa shape index (κ2) is 8.11. The lowest BCUT2D eigenvalue weighted by Gasteiger charge is -2.27. The van der Waals surface area contributed by atoms with Crippen LogP contribution in [0.2, 0.25) is 0 Å². The molecule has 0 aliphatic heterocycles. The van der Waals surface area contributed by atoms with Crippen LogP contribution in [0.5, 0.6) is 0 Å². The zero-order valence-electron chi connectivity index (χ0n) is 11.6. The van der Waals surface area contributed by atoms with Crippen molar-refractivity contribution in [2.24, 2.45) is 11.8 Å². The predicted molar refractivity (Wildman–Crippen MR) is 72.7 cm³/mol. The third-order valence-corrected chi connectivity index (χ3v) is 4.25. The maximum absolute atomic E-state index is 3.73. The van der Waals surface area contributed by atoms with Crippen molar-refractivity contribution in [1.29, 1.82) is 0 Å². The van der Waals surface area contributed by atoms with Gasteiger partial charge in [0.15, 0.2) is 0 Å². The van der Waals surface area contributed by atoms with E-state index in [4.69, 9.17) is 0 Å². The Morgan fingerprint density at radius 2 is 1.81 bits per heavy atom. The zero-order chi connectivity index (χ0) is 11.8. The van der Waals surface area contributed by atoms with Gasteiger partial charge in [-0.2, -0.15) is 0 Å². The van der Waals surface area contributed by atoms with Crippen LogP contribution < -0.4 is 5.32 Å². The van der Waals surface area contributed by atoms with Gasteiger partial charge in [-0.15, -0.1) is 0 Å². The van der Waals surface area contributed by atoms with Gasteiger partial charge < -0.3 is 5.32 Å². The quantitative estimate of drug-likeness (QED) is 0.678. The first-order valence-electron chi connectivity index (χ1n) is 7.49. The van der Waals surface area contributed by atoms with Gasteiger partial charge in [0.05, 0.1) is 0 Å². The lowest BCUT2D eigenvalue weighted by molar-refractivity contribution is 0.271. The fourth-order valence-electron chi connectivity index (χ4n) is 2.91. The molecule has 0 radical (unpaired) electrons. The van der Waals surface area contributed by atoms with Gasteiger partial charge in [0.2, 0.25) is 0 Å². The second-order valence-electron chi connectivity index (χ2n) is 5.76. The molecule has 1 fully saturated rings. The average Bonchev–Trinajstić information content (AvgIpc) is 2.30. The van der Waals surface area contributed by atoms with E-state index in [1.807, 2.05) is 0 Å². The minimum absolute atomic E-state index is 0.771. The summed E-state index contributed by atoms with van der Waals surface area (Å²) in [6, 6.07) is 0.771. The normalized spacial score (nSPS) is 27.9. The second-order valence-corrected chi connectivity index (χ2v) is 5.76. The van der Waals surface area contributed by atoms with Gasteiger partial charge in [-0.3, -0.25) is 0 Å². The minimum atomic E-state index is 0.771. The van der Waals surface area contributed by atoms with Gasteiger partial charge in [-0.1, -0.05) is 52.9 Å². The predicted octanol–water partition coefficient (Wildman–Crippen LogP) is 4.37. The largest absolute Gasteiger partial charge is 0.314 e. The van der Waals surface area contributed by atoms with E-state index in [0.29, 0.717) is 0 Å². The van der Waals surface area contributed by atoms with Crippen LogP contribution in [-0.2, 0) is 0 Å². The number of rotatable bonds is 7. The summed E-state index contributed by atoms with van der Waals surface area (Å²) < 4.78 is 0. The molecule has 96 valence electrons. The number of hydrogen-bond donors (Lipinski definition) is 1. The van der Waals surface area contributed by atoms with Crippen molar-refractivity contribution in [1.82, 2.24) is 5.32 Å². The van der Waals surface area contributed by atoms with Gasteiger partial charge >= 0.3 is 0 Å². The van der Waals surface area contributed by atoms with E-state index in [1.165, 1.54) is 57.9 Å². The molecule has 0 aromatic carbocycles. The lowest BCUT2D eigenvalue weighted by Crippen LogP contribution is -2.30. The van der Waals surface area contributed by atoms with Crippen molar-refractivity contribution in [2.75, 3.05) is 6.54 Å². The Labute approximate surface area is 102 Å². The van der Waals surface area contributed by atoms with Gasteiger partial charge in [0.25, 0.3) is 0 Å². The van der Waals surface area contributed by atoms with E-state index < -0.39 is 0 Å². The molecule has 1 N–H and O–H groups in total. The van der Waals surface area contributed by atoms with Crippen molar-refractivity contribution in [2.45, 2.75) is 78.2 Å². The molecule has 16 heavy (non-hydrogen) atoms. The smallest absolute Gasteiger partial charge is 0.00643 e. The molecule has 1 unspecified atom stereocenters. The zero-order valence-corrected chi connectivity index (χ0v) is 11.6. The van der Waals surface area contributed by atoms with Crippen LogP contribution in [0.1, 0.15) is 72.1 Å². The highest BCUT2D eigenvalue weighted by atomic mass is 14.9. The molecule has 1 aliphatic rings. The summed E-state index contributed by atoms with van der Waals surface area (Å²) in [5, 5.41) is 3.73. The Morgan fingerprint density at radius 3 is 2.38 bits per heavy atom. The third kappa shape index (κ3) is 5.34. The van der Waals surface area contributed by atoms with Gasteiger partial charge in [0, 0.05) is 6.04 Å². The molecule has 0 aromatic rings. The molecule has 1 saturated carbocycles. The fraction of sp³-hybridized carbons (Fsp3) is 1.00. The Kier molecular flexibility index (Phi) is 7.11. The Bertz CT molecular complexity index is 159. The van der Waals surface area contributed by atoms with Crippen LogP contribution in [0.15, 0.2) is 0 Å². The van der Waals surface area contributed by atoms with Crippen molar-refractivity contribution in [3.8, 4) is 0 Å². The van der Waals surface area contributed by atoms with Crippen molar-refractivity contribution < 1.29 is 0 Å². The van der Waals surface area contributed by atoms with Crippen LogP contribution in [0.4, 0.5) is 0 Å². The molecular formula is C15H31N. The van der Waals surface area contributed by atoms with Crippen LogP contribution in [0.25, 0.3) is 0 Å². The van der Waals surface area contributed by atoms with E-state index in [9.17, 15) is 0 Å². The maximum Gasteiger partial charge on any atom is 0.00643 e. The minimum Gasteiger partial charge on any atom is -0.314 e. The number of nitrogens with one attached hydrogen (secondary N) is 1. The van der Waals surface area contributed by atoms with E-state index in [-0.39, 0.29) is 0 Å². The summed E-state index contributed by atoms with van der Waals surface area (Å²) in [4.78, 5) is 0. The summed E-state index contributed by atoms with van der Waals surface area (Å²) in [6.45, 7) is 8.24. The topological polar surface area (TPSA) is 12.0 Å². The van der Waals surface area contributed by atoms with E-state index in [2.05, 4.69) is 26.1 Å². The lowest BCUT2D eigenvalue weighted by atomic mass is 9.81. The Hall–Kier alpha value is -0.0400. The fourth-order valence-corrected chi connectivity index (χ4v) is 2.91. The number of hydrogen-bond acceptors (Lipinski definition) is 1. The molecule has 1 atom stereocenters. The first-order chi connectivity index (χ1) is 7.76. The first kappa shape index (κ1) is 14.0. The highest BCUT2D eigenvalue weighted by Crippen LogP contribution is 2.29. The summed E-state index contributed by atoms with van der Waals surface area (Å²) in [5.74, 6) is 2.01. The summed E-state index contributed by atoms with van der Waals surface area (Å²) >= 11 is 0. The third-order valence-electron chi connectivity index (χ3n) is 4.25. The molecule has 0 bridgehead atoms. The summed E-state index contributed by atoms with van der Waals surface area (Å²) in [5.41, 5.74) is 0. The molecule has 0 heterocycles. The average molecular weight is 225 g/mol. The van der Waals surface area contributed by atoms with Crippen LogP contribution in [-0.4, -0.2) is 12.6 Å². The molecule has 0 saturated heterocycles. The van der Waals surface area contributed by atoms with E-state index in [0.717, 1.165) is 17.9 Å². The standard InChI is InChI=1S/C15H31N/c1-4-6-15(5-2)16-12-11-14-9-7-13(3)8-10-14/h13-16H,4-12H2,1-3H3. The highest BCUT2D eigenvalue weighted by molar-refractivity contribution is 4.72. The van der Waals surface area contributed by atoms with Crippen molar-refractivity contribution in [3.63, 3.8) is 0 Å². The Morgan fingerprint density at radius 1 is 1.12 bits per heavy atom. The molecule has 1 nitrogen and oxygen atoms in total. The van der Waals surface area contributed by atoms with Crippen LogP contribution in [0, 0.1) is 11.8 Å². The van der Waals surface area contributed by atoms with Crippen LogP contribution >= 0.6 is 0 Å². The van der Waals surface area contributed by atoms with Gasteiger partial charge in [-0.25, -0.2) is 0 Å². The monoisotopic (exact) mass is 225 g/mol. The molecule has 1 rings (SSSR count). The maximum atomic E-state index is 3.73. The van der Waals surface area contributed by atoms with Gasteiger partial charge in [0.1, 0.15) is 0 Å². The van der Waals surface area contributed by atoms with E-state index in [1.54, 1.807) is 0 Å². The molecule has 0 aromatic heterocycles. The summed E-state index contributed by atoms with van der Waals surface area (Å²) in [6.07, 6.45) is 11.3. The summed E-state index contributed by atoms with van der Waals surface area (Å²) in [7, 11) is 0. The van der Waals surface area contributed by atoms with Crippen LogP contribution in [0.3, 0.4) is 0 Å².